The SMILES string of the molecule is C/C=N\C(C)=N/CC. The molecule has 0 aromatic rings. The molecular formula is C6H12N2. The van der Waals surface area contributed by atoms with Gasteiger partial charge in [-0.05, 0) is 20.8 Å². The van der Waals surface area contributed by atoms with E-state index in [0.717, 1.165) is 12.4 Å². The van der Waals surface area contributed by atoms with Gasteiger partial charge in [-0.1, -0.05) is 0 Å². The lowest BCUT2D eigenvalue weighted by atomic mass is 10.6. The molecule has 0 N–H and O–H groups in total. The molecule has 0 fully saturated rings. The molecule has 0 heterocycles. The molecule has 8 heavy (non-hydrogen) atoms. The highest BCUT2D eigenvalue weighted by Gasteiger charge is 1.76. The maximum atomic E-state index is 4.03. The van der Waals surface area contributed by atoms with Gasteiger partial charge >= 0.3 is 0 Å². The van der Waals surface area contributed by atoms with Gasteiger partial charge in [0.05, 0.1) is 0 Å². The van der Waals surface area contributed by atoms with Gasteiger partial charge in [0.15, 0.2) is 0 Å². The second kappa shape index (κ2) is 4.50. The highest BCUT2D eigenvalue weighted by Crippen LogP contribution is 1.76. The fourth-order valence-corrected chi connectivity index (χ4v) is 0.456. The Kier molecular flexibility index (Phi) is 4.13. The van der Waals surface area contributed by atoms with E-state index in [0.29, 0.717) is 0 Å². The van der Waals surface area contributed by atoms with Gasteiger partial charge in [0.25, 0.3) is 0 Å². The first-order valence-electron chi connectivity index (χ1n) is 2.81. The summed E-state index contributed by atoms with van der Waals surface area (Å²) < 4.78 is 0. The molecule has 0 aliphatic heterocycles. The number of hydrogen-bond donors (Lipinski definition) is 0. The maximum Gasteiger partial charge on any atom is 0.119 e. The monoisotopic (exact) mass is 112 g/mol. The first kappa shape index (κ1) is 7.34. The summed E-state index contributed by atoms with van der Waals surface area (Å²) >= 11 is 0. The van der Waals surface area contributed by atoms with Gasteiger partial charge in [0.1, 0.15) is 5.84 Å². The lowest BCUT2D eigenvalue weighted by Crippen LogP contribution is -1.85. The van der Waals surface area contributed by atoms with Crippen molar-refractivity contribution in [3.63, 3.8) is 0 Å². The normalized spacial score (nSPS) is 13.1. The van der Waals surface area contributed by atoms with E-state index in [1.807, 2.05) is 20.8 Å². The van der Waals surface area contributed by atoms with Gasteiger partial charge < -0.3 is 0 Å². The molecule has 0 aromatic carbocycles. The van der Waals surface area contributed by atoms with Crippen LogP contribution in [0.2, 0.25) is 0 Å². The van der Waals surface area contributed by atoms with E-state index >= 15 is 0 Å². The Balaban J connectivity index is 3.61. The number of aliphatic imine (C=N–C) groups is 2. The van der Waals surface area contributed by atoms with Crippen molar-refractivity contribution in [2.24, 2.45) is 9.98 Å². The van der Waals surface area contributed by atoms with Crippen LogP contribution in [0.5, 0.6) is 0 Å². The average Bonchev–Trinajstić information content (AvgIpc) is 1.68. The Morgan fingerprint density at radius 3 is 2.62 bits per heavy atom. The Bertz CT molecular complexity index is 103. The quantitative estimate of drug-likeness (QED) is 0.363. The summed E-state index contributed by atoms with van der Waals surface area (Å²) in [7, 11) is 0. The molecule has 2 heteroatoms. The molecule has 0 unspecified atom stereocenters. The van der Waals surface area contributed by atoms with Crippen molar-refractivity contribution >= 4 is 12.1 Å². The molecule has 0 bridgehead atoms. The maximum absolute atomic E-state index is 4.03. The van der Waals surface area contributed by atoms with Crippen molar-refractivity contribution < 1.29 is 0 Å². The minimum atomic E-state index is 0.823. The molecular weight excluding hydrogens is 100 g/mol. The molecule has 0 atom stereocenters. The molecule has 0 spiro atoms. The molecule has 46 valence electrons. The van der Waals surface area contributed by atoms with Gasteiger partial charge in [0.2, 0.25) is 0 Å². The van der Waals surface area contributed by atoms with Gasteiger partial charge in [-0.3, -0.25) is 4.99 Å². The summed E-state index contributed by atoms with van der Waals surface area (Å²) in [6.45, 7) is 6.59. The first-order valence-corrected chi connectivity index (χ1v) is 2.81. The van der Waals surface area contributed by atoms with Crippen molar-refractivity contribution in [2.75, 3.05) is 6.54 Å². The third kappa shape index (κ3) is 3.53. The van der Waals surface area contributed by atoms with Crippen LogP contribution >= 0.6 is 0 Å². The largest absolute Gasteiger partial charge is 0.271 e. The van der Waals surface area contributed by atoms with Gasteiger partial charge in [0, 0.05) is 12.8 Å². The summed E-state index contributed by atoms with van der Waals surface area (Å²) in [5.74, 6) is 0.856. The molecule has 0 aromatic heterocycles. The molecule has 0 aliphatic rings. The zero-order valence-corrected chi connectivity index (χ0v) is 5.68. The van der Waals surface area contributed by atoms with E-state index in [9.17, 15) is 0 Å². The third-order valence-corrected chi connectivity index (χ3v) is 0.703. The smallest absolute Gasteiger partial charge is 0.119 e. The predicted octanol–water partition coefficient (Wildman–Crippen LogP) is 1.52. The molecule has 0 saturated carbocycles. The first-order chi connectivity index (χ1) is 3.81. The summed E-state index contributed by atoms with van der Waals surface area (Å²) in [5.41, 5.74) is 0. The standard InChI is InChI=1S/C6H12N2/c1-4-7-6(3)8-5-2/h4H,5H2,1-3H3/b7-4-,8-6-. The predicted molar refractivity (Wildman–Crippen MR) is 37.8 cm³/mol. The third-order valence-electron chi connectivity index (χ3n) is 0.703. The Morgan fingerprint density at radius 2 is 2.25 bits per heavy atom. The van der Waals surface area contributed by atoms with Crippen LogP contribution in [0.1, 0.15) is 20.8 Å². The molecule has 0 saturated heterocycles. The van der Waals surface area contributed by atoms with Crippen LogP contribution in [0.15, 0.2) is 9.98 Å². The Morgan fingerprint density at radius 1 is 1.62 bits per heavy atom. The van der Waals surface area contributed by atoms with E-state index in [4.69, 9.17) is 0 Å². The summed E-state index contributed by atoms with van der Waals surface area (Å²) in [6, 6.07) is 0. The van der Waals surface area contributed by atoms with Crippen molar-refractivity contribution in [1.29, 1.82) is 0 Å². The van der Waals surface area contributed by atoms with Gasteiger partial charge in [-0.15, -0.1) is 0 Å². The lowest BCUT2D eigenvalue weighted by molar-refractivity contribution is 1.12. The van der Waals surface area contributed by atoms with Crippen LogP contribution in [0.3, 0.4) is 0 Å². The fraction of sp³-hybridized carbons (Fsp3) is 0.667. The van der Waals surface area contributed by atoms with Crippen molar-refractivity contribution in [1.82, 2.24) is 0 Å². The van der Waals surface area contributed by atoms with Crippen LogP contribution in [-0.4, -0.2) is 18.6 Å². The van der Waals surface area contributed by atoms with Gasteiger partial charge in [-0.2, -0.15) is 0 Å². The highest BCUT2D eigenvalue weighted by atomic mass is 14.9. The second-order valence-corrected chi connectivity index (χ2v) is 1.41. The molecule has 2 nitrogen and oxygen atoms in total. The minimum absolute atomic E-state index is 0.823. The van der Waals surface area contributed by atoms with E-state index in [1.165, 1.54) is 0 Å². The zero-order valence-electron chi connectivity index (χ0n) is 5.68. The topological polar surface area (TPSA) is 24.7 Å². The van der Waals surface area contributed by atoms with Crippen LogP contribution in [0, 0.1) is 0 Å². The van der Waals surface area contributed by atoms with Crippen LogP contribution in [0.25, 0.3) is 0 Å². The van der Waals surface area contributed by atoms with E-state index in [1.54, 1.807) is 6.21 Å². The second-order valence-electron chi connectivity index (χ2n) is 1.41. The molecule has 0 aliphatic carbocycles. The highest BCUT2D eigenvalue weighted by molar-refractivity contribution is 5.86. The number of hydrogen-bond acceptors (Lipinski definition) is 1. The van der Waals surface area contributed by atoms with E-state index < -0.39 is 0 Å². The summed E-state index contributed by atoms with van der Waals surface area (Å²) in [5, 5.41) is 0. The van der Waals surface area contributed by atoms with Crippen molar-refractivity contribution in [3.05, 3.63) is 0 Å². The van der Waals surface area contributed by atoms with Crippen LogP contribution < -0.4 is 0 Å². The number of nitrogens with zero attached hydrogens (tertiary/aromatic N) is 2. The minimum Gasteiger partial charge on any atom is -0.271 e. The number of rotatable bonds is 1. The fourth-order valence-electron chi connectivity index (χ4n) is 0.456. The van der Waals surface area contributed by atoms with E-state index in [2.05, 4.69) is 9.98 Å². The van der Waals surface area contributed by atoms with Crippen molar-refractivity contribution in [3.8, 4) is 0 Å². The van der Waals surface area contributed by atoms with Crippen molar-refractivity contribution in [2.45, 2.75) is 20.8 Å². The summed E-state index contributed by atoms with van der Waals surface area (Å²) in [6.07, 6.45) is 1.74. The van der Waals surface area contributed by atoms with E-state index in [-0.39, 0.29) is 0 Å². The molecule has 0 radical (unpaired) electrons. The average molecular weight is 112 g/mol. The Hall–Kier alpha value is -0.660. The number of amidine groups is 1. The summed E-state index contributed by atoms with van der Waals surface area (Å²) in [4.78, 5) is 7.97. The van der Waals surface area contributed by atoms with Gasteiger partial charge in [-0.25, -0.2) is 4.99 Å². The zero-order chi connectivity index (χ0) is 6.41. The lowest BCUT2D eigenvalue weighted by Gasteiger charge is -1.85. The van der Waals surface area contributed by atoms with Crippen LogP contribution in [0.4, 0.5) is 0 Å². The molecule has 0 amide bonds. The van der Waals surface area contributed by atoms with Crippen LogP contribution in [-0.2, 0) is 0 Å². The Labute approximate surface area is 50.4 Å². The molecule has 0 rings (SSSR count).